The minimum atomic E-state index is -2.86. The molecule has 0 unspecified atom stereocenters. The molecule has 3 N–H and O–H groups in total. The molecule has 31 heavy (non-hydrogen) atoms. The number of hydrogen-bond acceptors (Lipinski definition) is 7. The lowest BCUT2D eigenvalue weighted by Gasteiger charge is -2.31. The van der Waals surface area contributed by atoms with Gasteiger partial charge in [-0.05, 0) is 12.5 Å². The number of halogens is 2. The molecule has 0 fully saturated rings. The number of hydrogen-bond donors (Lipinski definition) is 3. The number of rotatable bonds is 8. The molecule has 0 amide bonds. The summed E-state index contributed by atoms with van der Waals surface area (Å²) in [5.74, 6) is -2.86. The molecule has 3 aromatic heterocycles. The number of aliphatic hydroxyl groups excluding tert-OH is 2. The van der Waals surface area contributed by atoms with Crippen molar-refractivity contribution in [1.29, 1.82) is 0 Å². The first kappa shape index (κ1) is 21.3. The van der Waals surface area contributed by atoms with E-state index in [-0.39, 0.29) is 19.6 Å². The maximum atomic E-state index is 14.0. The molecule has 0 saturated carbocycles. The molecule has 0 aliphatic carbocycles. The lowest BCUT2D eigenvalue weighted by molar-refractivity contribution is -0.0638. The number of aliphatic hydroxyl groups is 2. The van der Waals surface area contributed by atoms with Crippen molar-refractivity contribution in [2.75, 3.05) is 13.2 Å². The first-order chi connectivity index (χ1) is 14.8. The fraction of sp³-hybridized carbons (Fsp3) is 0.450. The highest BCUT2D eigenvalue weighted by Crippen LogP contribution is 2.30. The van der Waals surface area contributed by atoms with Gasteiger partial charge in [-0.15, -0.1) is 0 Å². The molecule has 0 spiro atoms. The third kappa shape index (κ3) is 4.29. The van der Waals surface area contributed by atoms with Crippen LogP contribution in [0.1, 0.15) is 26.0 Å². The summed E-state index contributed by atoms with van der Waals surface area (Å²) in [6.45, 7) is 2.82. The summed E-state index contributed by atoms with van der Waals surface area (Å²) in [6.07, 6.45) is 7.82. The second-order valence-electron chi connectivity index (χ2n) is 7.70. The van der Waals surface area contributed by atoms with Crippen molar-refractivity contribution < 1.29 is 19.0 Å². The average molecular weight is 433 g/mol. The molecule has 1 aliphatic heterocycles. The quantitative estimate of drug-likeness (QED) is 0.495. The zero-order valence-electron chi connectivity index (χ0n) is 17.3. The molecule has 0 saturated heterocycles. The Bertz CT molecular complexity index is 1090. The topological polar surface area (TPSA) is 104 Å². The first-order valence-electron chi connectivity index (χ1n) is 10.1. The number of alkyl halides is 2. The van der Waals surface area contributed by atoms with Gasteiger partial charge in [0.1, 0.15) is 6.04 Å². The third-order valence-corrected chi connectivity index (χ3v) is 5.29. The minimum Gasteiger partial charge on any atom is -0.394 e. The smallest absolute Gasteiger partial charge is 0.266 e. The lowest BCUT2D eigenvalue weighted by atomic mass is 10.1. The number of nitrogens with one attached hydrogen (secondary N) is 1. The van der Waals surface area contributed by atoms with E-state index in [4.69, 9.17) is 10.1 Å². The summed E-state index contributed by atoms with van der Waals surface area (Å²) in [4.78, 5) is 4.77. The molecule has 4 rings (SSSR count). The van der Waals surface area contributed by atoms with E-state index >= 15 is 0 Å². The molecule has 4 heterocycles. The summed E-state index contributed by atoms with van der Waals surface area (Å²) in [6, 6.07) is 0.854. The zero-order valence-corrected chi connectivity index (χ0v) is 17.3. The van der Waals surface area contributed by atoms with E-state index in [1.54, 1.807) is 42.4 Å². The summed E-state index contributed by atoms with van der Waals surface area (Å²) >= 11 is 0. The molecule has 0 radical (unpaired) electrons. The van der Waals surface area contributed by atoms with Gasteiger partial charge in [0.25, 0.3) is 5.92 Å². The minimum absolute atomic E-state index is 0.154. The molecular formula is C20H25F2N7O2. The normalized spacial score (nSPS) is 16.7. The lowest BCUT2D eigenvalue weighted by Crippen LogP contribution is -2.47. The molecule has 0 bridgehead atoms. The number of nitrogens with zero attached hydrogens (tertiary/aromatic N) is 6. The van der Waals surface area contributed by atoms with E-state index in [0.717, 1.165) is 18.0 Å². The highest BCUT2D eigenvalue weighted by molar-refractivity contribution is 5.78. The Morgan fingerprint density at radius 1 is 1.29 bits per heavy atom. The summed E-state index contributed by atoms with van der Waals surface area (Å²) in [5, 5.41) is 28.6. The summed E-state index contributed by atoms with van der Waals surface area (Å²) in [7, 11) is 0. The summed E-state index contributed by atoms with van der Waals surface area (Å²) < 4.78 is 31.2. The van der Waals surface area contributed by atoms with Crippen molar-refractivity contribution in [1.82, 2.24) is 34.8 Å². The van der Waals surface area contributed by atoms with E-state index in [9.17, 15) is 13.9 Å². The highest BCUT2D eigenvalue weighted by atomic mass is 19.3. The molecule has 9 nitrogen and oxygen atoms in total. The van der Waals surface area contributed by atoms with E-state index in [2.05, 4.69) is 15.6 Å². The molecular weight excluding hydrogens is 408 g/mol. The highest BCUT2D eigenvalue weighted by Gasteiger charge is 2.38. The van der Waals surface area contributed by atoms with E-state index < -0.39 is 18.1 Å². The fourth-order valence-electron chi connectivity index (χ4n) is 3.75. The van der Waals surface area contributed by atoms with Crippen molar-refractivity contribution in [2.24, 2.45) is 0 Å². The predicted molar refractivity (Wildman–Crippen MR) is 110 cm³/mol. The number of aromatic nitrogens is 5. The van der Waals surface area contributed by atoms with Crippen LogP contribution >= 0.6 is 0 Å². The van der Waals surface area contributed by atoms with Crippen LogP contribution < -0.4 is 5.43 Å². The average Bonchev–Trinajstić information content (AvgIpc) is 3.47. The molecule has 11 heteroatoms. The van der Waals surface area contributed by atoms with Gasteiger partial charge in [0, 0.05) is 37.0 Å². The van der Waals surface area contributed by atoms with Gasteiger partial charge >= 0.3 is 0 Å². The Kier molecular flexibility index (Phi) is 5.73. The van der Waals surface area contributed by atoms with Gasteiger partial charge in [-0.2, -0.15) is 10.2 Å². The number of hydrazine groups is 1. The number of fused-ring (bicyclic) bond motifs is 1. The largest absolute Gasteiger partial charge is 0.394 e. The van der Waals surface area contributed by atoms with Crippen LogP contribution in [-0.4, -0.2) is 70.8 Å². The predicted octanol–water partition coefficient (Wildman–Crippen LogP) is 1.54. The van der Waals surface area contributed by atoms with E-state index in [1.807, 2.05) is 6.07 Å². The second-order valence-corrected chi connectivity index (χ2v) is 7.70. The molecule has 2 atom stereocenters. The van der Waals surface area contributed by atoms with Crippen LogP contribution in [0.4, 0.5) is 8.78 Å². The van der Waals surface area contributed by atoms with Gasteiger partial charge in [-0.1, -0.05) is 6.92 Å². The van der Waals surface area contributed by atoms with Crippen LogP contribution in [0.2, 0.25) is 0 Å². The molecule has 1 aliphatic rings. The Labute approximate surface area is 177 Å². The Balaban J connectivity index is 1.70. The SMILES string of the molecule is CC[C@H](N1C=C(c2nc(-c3cnn(C[C@@H](O)CO)c3)cn3nccc23)CN1)C(C)(F)F. The third-order valence-electron chi connectivity index (χ3n) is 5.29. The van der Waals surface area contributed by atoms with Gasteiger partial charge in [-0.25, -0.2) is 23.7 Å². The van der Waals surface area contributed by atoms with Crippen molar-refractivity contribution in [3.63, 3.8) is 0 Å². The van der Waals surface area contributed by atoms with Crippen molar-refractivity contribution in [2.45, 2.75) is 44.9 Å². The zero-order chi connectivity index (χ0) is 22.2. The maximum absolute atomic E-state index is 14.0. The Morgan fingerprint density at radius 2 is 2.10 bits per heavy atom. The summed E-state index contributed by atoms with van der Waals surface area (Å²) in [5.41, 5.74) is 6.52. The van der Waals surface area contributed by atoms with Gasteiger partial charge in [0.15, 0.2) is 0 Å². The molecule has 166 valence electrons. The van der Waals surface area contributed by atoms with E-state index in [1.165, 1.54) is 9.69 Å². The maximum Gasteiger partial charge on any atom is 0.266 e. The van der Waals surface area contributed by atoms with Crippen LogP contribution in [0.25, 0.3) is 22.3 Å². The standard InChI is InChI=1S/C20H25F2N7O2/c1-3-18(20(2,21)22)29-9-14(7-25-29)19-17-4-5-23-28(17)11-16(26-19)13-6-24-27(8-13)10-15(31)12-30/h4-6,8-9,11,15,18,25,30-31H,3,7,10,12H2,1-2H3/t15-,18+/m1/s1. The Morgan fingerprint density at radius 3 is 2.81 bits per heavy atom. The van der Waals surface area contributed by atoms with Gasteiger partial charge < -0.3 is 15.2 Å². The molecule has 0 aromatic carbocycles. The van der Waals surface area contributed by atoms with E-state index in [0.29, 0.717) is 23.5 Å². The van der Waals surface area contributed by atoms with Crippen LogP contribution in [0.3, 0.4) is 0 Å². The van der Waals surface area contributed by atoms with Crippen molar-refractivity contribution in [3.05, 3.63) is 42.7 Å². The van der Waals surface area contributed by atoms with Gasteiger partial charge in [0.05, 0.1) is 54.8 Å². The fourth-order valence-corrected chi connectivity index (χ4v) is 3.75. The van der Waals surface area contributed by atoms with Gasteiger partial charge in [0.2, 0.25) is 0 Å². The van der Waals surface area contributed by atoms with Crippen LogP contribution in [-0.2, 0) is 6.54 Å². The van der Waals surface area contributed by atoms with Crippen molar-refractivity contribution >= 4 is 11.1 Å². The van der Waals surface area contributed by atoms with Crippen molar-refractivity contribution in [3.8, 4) is 11.3 Å². The van der Waals surface area contributed by atoms with Crippen LogP contribution in [0.5, 0.6) is 0 Å². The van der Waals surface area contributed by atoms with Crippen LogP contribution in [0.15, 0.2) is 37.1 Å². The van der Waals surface area contributed by atoms with Crippen LogP contribution in [0, 0.1) is 0 Å². The monoisotopic (exact) mass is 433 g/mol. The Hall–Kier alpha value is -2.89. The van der Waals surface area contributed by atoms with Gasteiger partial charge in [-0.3, -0.25) is 4.68 Å². The second kappa shape index (κ2) is 8.33. The molecule has 3 aromatic rings. The first-order valence-corrected chi connectivity index (χ1v) is 10.1.